The Hall–Kier alpha value is -3.29. The SMILES string of the molecule is COc1ccc(N2C(=O)[C@@H]3[C@H](ON(c4ccc(Cl)cc4)[C@@H]3c3ccco3)C2=O)cc1. The standard InChI is InChI=1S/C22H17ClN2O5/c1-28-16-10-8-14(9-11-16)24-21(26)18-19(17-3-2-12-29-17)25(30-20(18)22(24)27)15-6-4-13(23)5-7-15/h2-12,18-20H,1H3/t18-,19+,20-/m0/s1. The van der Waals surface area contributed by atoms with Crippen LogP contribution in [-0.4, -0.2) is 25.0 Å². The zero-order valence-electron chi connectivity index (χ0n) is 15.9. The largest absolute Gasteiger partial charge is 0.497 e. The van der Waals surface area contributed by atoms with Gasteiger partial charge < -0.3 is 9.15 Å². The molecule has 0 saturated carbocycles. The molecule has 2 aliphatic heterocycles. The summed E-state index contributed by atoms with van der Waals surface area (Å²) in [6, 6.07) is 16.7. The van der Waals surface area contributed by atoms with Gasteiger partial charge in [-0.05, 0) is 60.7 Å². The van der Waals surface area contributed by atoms with Crippen LogP contribution in [0.4, 0.5) is 11.4 Å². The summed E-state index contributed by atoms with van der Waals surface area (Å²) in [6.45, 7) is 0. The summed E-state index contributed by atoms with van der Waals surface area (Å²) in [7, 11) is 1.55. The van der Waals surface area contributed by atoms with E-state index in [9.17, 15) is 9.59 Å². The van der Waals surface area contributed by atoms with E-state index in [1.165, 1.54) is 11.2 Å². The lowest BCUT2D eigenvalue weighted by atomic mass is 9.94. The number of hydroxylamine groups is 1. The van der Waals surface area contributed by atoms with E-state index in [0.717, 1.165) is 0 Å². The second kappa shape index (κ2) is 7.19. The lowest BCUT2D eigenvalue weighted by Gasteiger charge is -2.27. The molecule has 0 aliphatic carbocycles. The molecule has 2 fully saturated rings. The number of fused-ring (bicyclic) bond motifs is 1. The molecule has 0 radical (unpaired) electrons. The molecule has 7 nitrogen and oxygen atoms in total. The summed E-state index contributed by atoms with van der Waals surface area (Å²) < 4.78 is 10.8. The number of carbonyl (C=O) groups is 2. The van der Waals surface area contributed by atoms with E-state index in [2.05, 4.69) is 0 Å². The van der Waals surface area contributed by atoms with Crippen LogP contribution in [0.25, 0.3) is 0 Å². The predicted octanol–water partition coefficient (Wildman–Crippen LogP) is 3.99. The lowest BCUT2D eigenvalue weighted by molar-refractivity contribution is -0.126. The Labute approximate surface area is 177 Å². The minimum atomic E-state index is -0.953. The monoisotopic (exact) mass is 424 g/mol. The van der Waals surface area contributed by atoms with E-state index < -0.39 is 24.0 Å². The average Bonchev–Trinajstić information content (AvgIpc) is 3.47. The van der Waals surface area contributed by atoms with Crippen molar-refractivity contribution in [2.24, 2.45) is 5.92 Å². The van der Waals surface area contributed by atoms with Gasteiger partial charge in [0.15, 0.2) is 6.10 Å². The van der Waals surface area contributed by atoms with Crippen molar-refractivity contribution in [2.75, 3.05) is 17.1 Å². The summed E-state index contributed by atoms with van der Waals surface area (Å²) >= 11 is 6.00. The summed E-state index contributed by atoms with van der Waals surface area (Å²) in [4.78, 5) is 33.8. The number of hydrogen-bond donors (Lipinski definition) is 0. The second-order valence-electron chi connectivity index (χ2n) is 7.02. The fraction of sp³-hybridized carbons (Fsp3) is 0.182. The number of carbonyl (C=O) groups excluding carboxylic acids is 2. The molecule has 2 amide bonds. The molecule has 3 atom stereocenters. The van der Waals surface area contributed by atoms with E-state index in [-0.39, 0.29) is 5.91 Å². The molecule has 2 aliphatic rings. The molecule has 3 heterocycles. The van der Waals surface area contributed by atoms with Crippen molar-refractivity contribution >= 4 is 34.8 Å². The van der Waals surface area contributed by atoms with Gasteiger partial charge in [-0.15, -0.1) is 0 Å². The number of nitrogens with zero attached hydrogens (tertiary/aromatic N) is 2. The van der Waals surface area contributed by atoms with Crippen LogP contribution in [0.1, 0.15) is 11.8 Å². The van der Waals surface area contributed by atoms with Crippen molar-refractivity contribution in [3.63, 3.8) is 0 Å². The first-order valence-electron chi connectivity index (χ1n) is 9.35. The Bertz CT molecular complexity index is 1080. The van der Waals surface area contributed by atoms with E-state index in [0.29, 0.717) is 27.9 Å². The number of amides is 2. The van der Waals surface area contributed by atoms with E-state index in [4.69, 9.17) is 25.6 Å². The molecule has 152 valence electrons. The highest BCUT2D eigenvalue weighted by molar-refractivity contribution is 6.30. The average molecular weight is 425 g/mol. The molecule has 0 spiro atoms. The van der Waals surface area contributed by atoms with Gasteiger partial charge in [0.2, 0.25) is 5.91 Å². The fourth-order valence-electron chi connectivity index (χ4n) is 3.96. The van der Waals surface area contributed by atoms with Crippen molar-refractivity contribution < 1.29 is 23.6 Å². The van der Waals surface area contributed by atoms with Gasteiger partial charge >= 0.3 is 0 Å². The maximum absolute atomic E-state index is 13.4. The molecule has 0 bridgehead atoms. The first-order valence-corrected chi connectivity index (χ1v) is 9.73. The smallest absolute Gasteiger partial charge is 0.266 e. The van der Waals surface area contributed by atoms with Gasteiger partial charge in [-0.3, -0.25) is 14.4 Å². The zero-order valence-corrected chi connectivity index (χ0v) is 16.7. The third kappa shape index (κ3) is 2.86. The highest BCUT2D eigenvalue weighted by Gasteiger charge is 2.61. The molecular formula is C22H17ClN2O5. The van der Waals surface area contributed by atoms with Crippen LogP contribution in [0.3, 0.4) is 0 Å². The number of rotatable bonds is 4. The van der Waals surface area contributed by atoms with Crippen LogP contribution in [0.2, 0.25) is 5.02 Å². The Morgan fingerprint density at radius 2 is 1.63 bits per heavy atom. The van der Waals surface area contributed by atoms with E-state index in [1.807, 2.05) is 0 Å². The third-order valence-electron chi connectivity index (χ3n) is 5.36. The van der Waals surface area contributed by atoms with Gasteiger partial charge in [0.05, 0.1) is 24.7 Å². The molecule has 0 unspecified atom stereocenters. The number of anilines is 2. The van der Waals surface area contributed by atoms with E-state index in [1.54, 1.807) is 72.8 Å². The number of benzene rings is 2. The maximum Gasteiger partial charge on any atom is 0.266 e. The fourth-order valence-corrected chi connectivity index (χ4v) is 4.09. The summed E-state index contributed by atoms with van der Waals surface area (Å²) in [5.74, 6) is -0.329. The topological polar surface area (TPSA) is 72.2 Å². The van der Waals surface area contributed by atoms with Gasteiger partial charge in [0, 0.05) is 5.02 Å². The molecule has 30 heavy (non-hydrogen) atoms. The van der Waals surface area contributed by atoms with Crippen LogP contribution < -0.4 is 14.7 Å². The van der Waals surface area contributed by atoms with Crippen molar-refractivity contribution in [3.8, 4) is 5.75 Å². The van der Waals surface area contributed by atoms with Gasteiger partial charge in [-0.2, -0.15) is 0 Å². The maximum atomic E-state index is 13.4. The van der Waals surface area contributed by atoms with Gasteiger partial charge in [0.25, 0.3) is 5.91 Å². The quantitative estimate of drug-likeness (QED) is 0.590. The number of ether oxygens (including phenoxy) is 1. The zero-order chi connectivity index (χ0) is 20.8. The van der Waals surface area contributed by atoms with Crippen molar-refractivity contribution in [3.05, 3.63) is 77.7 Å². The summed E-state index contributed by atoms with van der Waals surface area (Å²) in [5.41, 5.74) is 1.15. The molecule has 0 N–H and O–H groups in total. The highest BCUT2D eigenvalue weighted by Crippen LogP contribution is 2.47. The highest BCUT2D eigenvalue weighted by atomic mass is 35.5. The molecule has 3 aromatic rings. The Balaban J connectivity index is 1.53. The number of hydrogen-bond acceptors (Lipinski definition) is 6. The van der Waals surface area contributed by atoms with Gasteiger partial charge in [-0.25, -0.2) is 9.96 Å². The minimum absolute atomic E-state index is 0.340. The van der Waals surface area contributed by atoms with Crippen molar-refractivity contribution in [1.82, 2.24) is 0 Å². The Kier molecular flexibility index (Phi) is 4.49. The number of methoxy groups -OCH3 is 1. The molecule has 2 aromatic carbocycles. The summed E-state index contributed by atoms with van der Waals surface area (Å²) in [6.07, 6.45) is 0.580. The van der Waals surface area contributed by atoms with Crippen molar-refractivity contribution in [1.29, 1.82) is 0 Å². The minimum Gasteiger partial charge on any atom is -0.497 e. The molecular weight excluding hydrogens is 408 g/mol. The van der Waals surface area contributed by atoms with Crippen LogP contribution in [0.5, 0.6) is 5.75 Å². The molecule has 8 heteroatoms. The summed E-state index contributed by atoms with van der Waals surface area (Å²) in [5, 5.41) is 2.14. The first-order chi connectivity index (χ1) is 14.6. The predicted molar refractivity (Wildman–Crippen MR) is 109 cm³/mol. The number of furan rings is 1. The first kappa shape index (κ1) is 18.7. The lowest BCUT2D eigenvalue weighted by Crippen LogP contribution is -2.37. The Morgan fingerprint density at radius 3 is 2.27 bits per heavy atom. The molecule has 2 saturated heterocycles. The normalized spacial score (nSPS) is 23.2. The van der Waals surface area contributed by atoms with Crippen LogP contribution >= 0.6 is 11.6 Å². The Morgan fingerprint density at radius 1 is 0.933 bits per heavy atom. The van der Waals surface area contributed by atoms with Crippen LogP contribution in [-0.2, 0) is 14.4 Å². The van der Waals surface area contributed by atoms with E-state index >= 15 is 0 Å². The van der Waals surface area contributed by atoms with Gasteiger partial charge in [0.1, 0.15) is 23.5 Å². The number of halogens is 1. The third-order valence-corrected chi connectivity index (χ3v) is 5.61. The molecule has 1 aromatic heterocycles. The number of imide groups is 1. The van der Waals surface area contributed by atoms with Crippen LogP contribution in [0.15, 0.2) is 71.3 Å². The second-order valence-corrected chi connectivity index (χ2v) is 7.46. The van der Waals surface area contributed by atoms with Gasteiger partial charge in [-0.1, -0.05) is 11.6 Å². The molecule has 5 rings (SSSR count). The van der Waals surface area contributed by atoms with Crippen LogP contribution in [0, 0.1) is 5.92 Å². The van der Waals surface area contributed by atoms with Crippen molar-refractivity contribution in [2.45, 2.75) is 12.1 Å².